The van der Waals surface area contributed by atoms with E-state index in [4.69, 9.17) is 4.55 Å². The largest absolute Gasteiger partial charge is 0.508 e. The van der Waals surface area contributed by atoms with Gasteiger partial charge in [-0.3, -0.25) is 9.35 Å². The first-order valence-electron chi connectivity index (χ1n) is 10.6. The van der Waals surface area contributed by atoms with E-state index in [1.165, 1.54) is 12.1 Å². The molecular weight excluding hydrogens is 473 g/mol. The topological polar surface area (TPSA) is 98.2 Å². The Morgan fingerprint density at radius 3 is 2.18 bits per heavy atom. The lowest BCUT2D eigenvalue weighted by atomic mass is 10.0. The monoisotopic (exact) mass is 502 g/mol. The van der Waals surface area contributed by atoms with Crippen LogP contribution in [0.3, 0.4) is 0 Å². The first kappa shape index (κ1) is 27.6. The fourth-order valence-corrected chi connectivity index (χ4v) is 3.68. The van der Waals surface area contributed by atoms with Crippen molar-refractivity contribution in [3.8, 4) is 5.75 Å². The maximum atomic E-state index is 12.9. The molecule has 3 rings (SSSR count). The highest BCUT2D eigenvalue weighted by molar-refractivity contribution is 7.85. The molecule has 0 aromatic heterocycles. The quantitative estimate of drug-likeness (QED) is 0.584. The summed E-state index contributed by atoms with van der Waals surface area (Å²) in [5.41, 5.74) is 0.638. The van der Waals surface area contributed by atoms with Crippen molar-refractivity contribution in [1.29, 1.82) is 0 Å². The second-order valence-corrected chi connectivity index (χ2v) is 9.69. The standard InChI is InChI=1S/C22H25F3N2O2.CH4O3S/c1-26(21(29)13-16-7-9-18(10-8-16)22(23,24)25)20(15-27-11-2-3-12-27)17-5-4-6-19(28)14-17;1-5(2,3)4/h4-10,14,20,28H,2-3,11-13,15H2,1H3;1H3,(H,2,3,4)/t20-;/m0./s1. The minimum absolute atomic E-state index is 0.0178. The number of likely N-dealkylation sites (tertiary alicyclic amines) is 1. The van der Waals surface area contributed by atoms with Gasteiger partial charge in [0.25, 0.3) is 10.1 Å². The number of carbonyl (C=O) groups excluding carboxylic acids is 1. The van der Waals surface area contributed by atoms with Gasteiger partial charge in [0.05, 0.1) is 24.3 Å². The zero-order chi connectivity index (χ0) is 25.5. The van der Waals surface area contributed by atoms with Crippen LogP contribution in [0.1, 0.15) is 35.6 Å². The molecule has 1 aliphatic heterocycles. The molecule has 7 nitrogen and oxygen atoms in total. The third-order valence-corrected chi connectivity index (χ3v) is 5.38. The van der Waals surface area contributed by atoms with Crippen LogP contribution in [0.4, 0.5) is 13.2 Å². The number of phenols is 1. The highest BCUT2D eigenvalue weighted by Crippen LogP contribution is 2.30. The zero-order valence-electron chi connectivity index (χ0n) is 19.0. The Morgan fingerprint density at radius 1 is 1.12 bits per heavy atom. The maximum Gasteiger partial charge on any atom is 0.416 e. The summed E-state index contributed by atoms with van der Waals surface area (Å²) in [6.07, 6.45) is -1.42. The molecule has 0 aliphatic carbocycles. The van der Waals surface area contributed by atoms with Gasteiger partial charge in [0.1, 0.15) is 5.75 Å². The number of hydrogen-bond donors (Lipinski definition) is 2. The fourth-order valence-electron chi connectivity index (χ4n) is 3.68. The van der Waals surface area contributed by atoms with Crippen LogP contribution in [0.5, 0.6) is 5.75 Å². The summed E-state index contributed by atoms with van der Waals surface area (Å²) in [7, 11) is -1.96. The molecule has 1 atom stereocenters. The van der Waals surface area contributed by atoms with E-state index in [1.54, 1.807) is 30.1 Å². The molecule has 0 unspecified atom stereocenters. The number of benzene rings is 2. The van der Waals surface area contributed by atoms with E-state index in [9.17, 15) is 31.5 Å². The predicted molar refractivity (Wildman–Crippen MR) is 122 cm³/mol. The van der Waals surface area contributed by atoms with Crippen molar-refractivity contribution >= 4 is 16.0 Å². The molecule has 2 N–H and O–H groups in total. The van der Waals surface area contributed by atoms with Crippen LogP contribution >= 0.6 is 0 Å². The normalized spacial score (nSPS) is 15.4. The van der Waals surface area contributed by atoms with Crippen LogP contribution in [0.2, 0.25) is 0 Å². The summed E-state index contributed by atoms with van der Waals surface area (Å²) in [6.45, 7) is 2.59. The lowest BCUT2D eigenvalue weighted by Gasteiger charge is -2.32. The van der Waals surface area contributed by atoms with Crippen molar-refractivity contribution in [1.82, 2.24) is 9.80 Å². The number of carbonyl (C=O) groups is 1. The van der Waals surface area contributed by atoms with Crippen molar-refractivity contribution < 1.29 is 36.0 Å². The maximum absolute atomic E-state index is 12.9. The average molecular weight is 503 g/mol. The van der Waals surface area contributed by atoms with Crippen molar-refractivity contribution in [2.75, 3.05) is 32.9 Å². The van der Waals surface area contributed by atoms with Crippen LogP contribution < -0.4 is 0 Å². The number of phenolic OH excluding ortho intramolecular Hbond substituents is 1. The summed E-state index contributed by atoms with van der Waals surface area (Å²) < 4.78 is 64.1. The van der Waals surface area contributed by atoms with Crippen LogP contribution in [0.15, 0.2) is 48.5 Å². The number of rotatable bonds is 6. The van der Waals surface area contributed by atoms with E-state index in [0.717, 1.165) is 43.6 Å². The number of alkyl halides is 3. The summed E-state index contributed by atoms with van der Waals surface area (Å²) in [4.78, 5) is 16.8. The molecular formula is C23H29F3N2O5S. The molecule has 2 aromatic rings. The Kier molecular flexibility index (Phi) is 9.48. The van der Waals surface area contributed by atoms with Crippen molar-refractivity contribution in [3.05, 3.63) is 65.2 Å². The smallest absolute Gasteiger partial charge is 0.416 e. The fraction of sp³-hybridized carbons (Fsp3) is 0.435. The van der Waals surface area contributed by atoms with Crippen LogP contribution in [0, 0.1) is 0 Å². The molecule has 34 heavy (non-hydrogen) atoms. The summed E-state index contributed by atoms with van der Waals surface area (Å²) in [5.74, 6) is -0.0465. The number of amides is 1. The number of aromatic hydroxyl groups is 1. The van der Waals surface area contributed by atoms with Crippen molar-refractivity contribution in [2.45, 2.75) is 31.5 Å². The number of halogens is 3. The second-order valence-electron chi connectivity index (χ2n) is 8.23. The molecule has 0 saturated carbocycles. The van der Waals surface area contributed by atoms with E-state index >= 15 is 0 Å². The van der Waals surface area contributed by atoms with Gasteiger partial charge in [-0.2, -0.15) is 21.6 Å². The molecule has 2 aromatic carbocycles. The Hall–Kier alpha value is -2.63. The average Bonchev–Trinajstić information content (AvgIpc) is 3.23. The van der Waals surface area contributed by atoms with Gasteiger partial charge >= 0.3 is 6.18 Å². The molecule has 1 aliphatic rings. The minimum Gasteiger partial charge on any atom is -0.508 e. The highest BCUT2D eigenvalue weighted by atomic mass is 32.2. The van der Waals surface area contributed by atoms with E-state index in [-0.39, 0.29) is 24.1 Å². The first-order valence-corrected chi connectivity index (χ1v) is 12.4. The summed E-state index contributed by atoms with van der Waals surface area (Å²) in [6, 6.07) is 11.3. The lowest BCUT2D eigenvalue weighted by molar-refractivity contribution is -0.137. The third-order valence-electron chi connectivity index (χ3n) is 5.38. The van der Waals surface area contributed by atoms with Gasteiger partial charge < -0.3 is 14.9 Å². The minimum atomic E-state index is -4.39. The van der Waals surface area contributed by atoms with Gasteiger partial charge in [0.15, 0.2) is 0 Å². The number of likely N-dealkylation sites (N-methyl/N-ethyl adjacent to an activating group) is 1. The Morgan fingerprint density at radius 2 is 1.68 bits per heavy atom. The van der Waals surface area contributed by atoms with Crippen LogP contribution in [0.25, 0.3) is 0 Å². The van der Waals surface area contributed by atoms with Gasteiger partial charge in [0, 0.05) is 13.6 Å². The highest BCUT2D eigenvalue weighted by Gasteiger charge is 2.30. The number of nitrogens with zero attached hydrogens (tertiary/aromatic N) is 2. The molecule has 11 heteroatoms. The summed E-state index contributed by atoms with van der Waals surface area (Å²) in [5, 5.41) is 9.86. The van der Waals surface area contributed by atoms with E-state index < -0.39 is 21.9 Å². The number of hydrogen-bond acceptors (Lipinski definition) is 5. The van der Waals surface area contributed by atoms with E-state index in [2.05, 4.69) is 4.90 Å². The zero-order valence-corrected chi connectivity index (χ0v) is 19.8. The summed E-state index contributed by atoms with van der Waals surface area (Å²) >= 11 is 0. The molecule has 0 bridgehead atoms. The lowest BCUT2D eigenvalue weighted by Crippen LogP contribution is -2.39. The van der Waals surface area contributed by atoms with E-state index in [1.807, 2.05) is 6.07 Å². The third kappa shape index (κ3) is 9.32. The van der Waals surface area contributed by atoms with Crippen molar-refractivity contribution in [3.63, 3.8) is 0 Å². The molecule has 1 heterocycles. The SMILES string of the molecule is CN(C(=O)Cc1ccc(C(F)(F)F)cc1)[C@@H](CN1CCCC1)c1cccc(O)c1.CS(=O)(=O)O. The molecule has 1 amide bonds. The van der Waals surface area contributed by atoms with Gasteiger partial charge in [-0.1, -0.05) is 24.3 Å². The molecule has 0 spiro atoms. The molecule has 188 valence electrons. The molecule has 1 saturated heterocycles. The van der Waals surface area contributed by atoms with Gasteiger partial charge in [-0.05, 0) is 61.3 Å². The van der Waals surface area contributed by atoms with Gasteiger partial charge in [-0.15, -0.1) is 0 Å². The Labute approximate surface area is 197 Å². The predicted octanol–water partition coefficient (Wildman–Crippen LogP) is 3.75. The molecule has 0 radical (unpaired) electrons. The van der Waals surface area contributed by atoms with Crippen LogP contribution in [-0.4, -0.2) is 66.7 Å². The van der Waals surface area contributed by atoms with Gasteiger partial charge in [-0.25, -0.2) is 0 Å². The van der Waals surface area contributed by atoms with E-state index in [0.29, 0.717) is 18.4 Å². The first-order chi connectivity index (χ1) is 15.7. The molecule has 1 fully saturated rings. The Balaban J connectivity index is 0.000000739. The van der Waals surface area contributed by atoms with Crippen LogP contribution in [-0.2, 0) is 27.5 Å². The van der Waals surface area contributed by atoms with Crippen molar-refractivity contribution in [2.24, 2.45) is 0 Å². The Bertz CT molecular complexity index is 1050. The second kappa shape index (κ2) is 11.7. The van der Waals surface area contributed by atoms with Gasteiger partial charge in [0.2, 0.25) is 5.91 Å².